The summed E-state index contributed by atoms with van der Waals surface area (Å²) < 4.78 is 33.4. The molecule has 1 aliphatic rings. The lowest BCUT2D eigenvalue weighted by Crippen LogP contribution is -2.64. The number of rotatable bonds is 37. The van der Waals surface area contributed by atoms with Gasteiger partial charge in [0, 0.05) is 12.8 Å². The van der Waals surface area contributed by atoms with E-state index >= 15 is 0 Å². The van der Waals surface area contributed by atoms with Gasteiger partial charge in [0.1, 0.15) is 43.2 Å². The molecule has 0 aromatic rings. The molecule has 64 heavy (non-hydrogen) atoms. The van der Waals surface area contributed by atoms with Crippen molar-refractivity contribution in [3.8, 4) is 0 Å². The Morgan fingerprint density at radius 2 is 1.05 bits per heavy atom. The second-order valence-electron chi connectivity index (χ2n) is 16.1. The van der Waals surface area contributed by atoms with Crippen LogP contribution in [0.4, 0.5) is 0 Å². The molecule has 366 valence electrons. The molecule has 1 saturated carbocycles. The summed E-state index contributed by atoms with van der Waals surface area (Å²) in [5, 5.41) is 59.6. The number of phosphoric ester groups is 1. The third-order valence-corrected chi connectivity index (χ3v) is 11.4. The van der Waals surface area contributed by atoms with Gasteiger partial charge in [-0.05, 0) is 70.6 Å². The van der Waals surface area contributed by atoms with Crippen LogP contribution >= 0.6 is 7.82 Å². The lowest BCUT2D eigenvalue weighted by molar-refractivity contribution is -0.220. The number of unbranched alkanes of at least 4 members (excludes halogenated alkanes) is 11. The number of esters is 2. The minimum atomic E-state index is -5.15. The Balaban J connectivity index is 2.53. The van der Waals surface area contributed by atoms with Gasteiger partial charge in [0.15, 0.2) is 6.10 Å². The second-order valence-corrected chi connectivity index (χ2v) is 17.5. The number of hydrogen-bond donors (Lipinski definition) is 7. The molecule has 7 atom stereocenters. The van der Waals surface area contributed by atoms with Crippen LogP contribution in [-0.2, 0) is 32.7 Å². The van der Waals surface area contributed by atoms with Crippen LogP contribution in [0.25, 0.3) is 0 Å². The fourth-order valence-corrected chi connectivity index (χ4v) is 7.41. The standard InChI is InChI=1S/C49H81O14P/c1-3-5-6-7-8-9-10-11-14-18-21-24-27-30-33-36-42(51)60-38-41(39-61-64(58,59)63-49-47(56)45(54)44(53)46(55)48(49)57)62-43(52)37-34-31-28-25-22-19-16-13-12-15-17-20-23-26-29-32-35-40(50)4-2/h11-14,17,19-20,22,26,28-29,31-32,35,40-41,44-50,53-57H,3-10,15-16,18,21,23-25,27,30,33-34,36-39H2,1-2H3,(H,58,59)/b13-12-,14-11-,20-17-,22-19-,29-26-,31-28-,35-32+. The molecule has 14 nitrogen and oxygen atoms in total. The van der Waals surface area contributed by atoms with E-state index < -0.39 is 81.8 Å². The van der Waals surface area contributed by atoms with Crippen LogP contribution in [0.1, 0.15) is 149 Å². The number of phosphoric acid groups is 1. The summed E-state index contributed by atoms with van der Waals surface area (Å²) in [6.07, 6.45) is 33.1. The summed E-state index contributed by atoms with van der Waals surface area (Å²) in [4.78, 5) is 35.7. The van der Waals surface area contributed by atoms with Gasteiger partial charge in [-0.3, -0.25) is 18.6 Å². The summed E-state index contributed by atoms with van der Waals surface area (Å²) in [5.74, 6) is -1.23. The highest BCUT2D eigenvalue weighted by Gasteiger charge is 2.51. The number of allylic oxidation sites excluding steroid dienone is 13. The Hall–Kier alpha value is -3.01. The van der Waals surface area contributed by atoms with Crippen LogP contribution in [0.5, 0.6) is 0 Å². The minimum absolute atomic E-state index is 0.0455. The van der Waals surface area contributed by atoms with Crippen LogP contribution in [0.15, 0.2) is 85.1 Å². The van der Waals surface area contributed by atoms with E-state index in [0.717, 1.165) is 57.8 Å². The lowest BCUT2D eigenvalue weighted by Gasteiger charge is -2.41. The van der Waals surface area contributed by atoms with E-state index in [1.54, 1.807) is 6.08 Å². The molecule has 0 saturated heterocycles. The van der Waals surface area contributed by atoms with Crippen molar-refractivity contribution in [1.82, 2.24) is 0 Å². The number of aliphatic hydroxyl groups excluding tert-OH is 6. The summed E-state index contributed by atoms with van der Waals surface area (Å²) in [6.45, 7) is 2.89. The maximum Gasteiger partial charge on any atom is 0.472 e. The zero-order valence-electron chi connectivity index (χ0n) is 38.4. The van der Waals surface area contributed by atoms with E-state index in [1.807, 2.05) is 49.5 Å². The molecule has 0 aliphatic heterocycles. The van der Waals surface area contributed by atoms with Crippen molar-refractivity contribution in [3.05, 3.63) is 85.1 Å². The largest absolute Gasteiger partial charge is 0.472 e. The highest BCUT2D eigenvalue weighted by molar-refractivity contribution is 7.47. The Morgan fingerprint density at radius 3 is 1.61 bits per heavy atom. The third-order valence-electron chi connectivity index (χ3n) is 10.4. The smallest absolute Gasteiger partial charge is 0.462 e. The van der Waals surface area contributed by atoms with Gasteiger partial charge in [-0.15, -0.1) is 0 Å². The van der Waals surface area contributed by atoms with Gasteiger partial charge < -0.3 is 45.0 Å². The zero-order valence-corrected chi connectivity index (χ0v) is 39.3. The number of hydrogen-bond acceptors (Lipinski definition) is 13. The number of carbonyl (C=O) groups excluding carboxylic acids is 2. The first kappa shape index (κ1) is 59.0. The average molecular weight is 925 g/mol. The van der Waals surface area contributed by atoms with E-state index in [1.165, 1.54) is 38.5 Å². The highest BCUT2D eigenvalue weighted by atomic mass is 31.2. The van der Waals surface area contributed by atoms with E-state index in [-0.39, 0.29) is 12.8 Å². The quantitative estimate of drug-likeness (QED) is 0.0102. The Labute approximate surface area is 382 Å². The lowest BCUT2D eigenvalue weighted by atomic mass is 9.85. The molecule has 0 spiro atoms. The molecule has 15 heteroatoms. The van der Waals surface area contributed by atoms with Crippen molar-refractivity contribution in [2.45, 2.75) is 198 Å². The summed E-state index contributed by atoms with van der Waals surface area (Å²) >= 11 is 0. The molecule has 0 radical (unpaired) electrons. The van der Waals surface area contributed by atoms with E-state index in [0.29, 0.717) is 25.7 Å². The summed E-state index contributed by atoms with van der Waals surface area (Å²) in [6, 6.07) is 0. The Bertz CT molecular complexity index is 1460. The van der Waals surface area contributed by atoms with E-state index in [2.05, 4.69) is 43.4 Å². The number of aliphatic hydroxyl groups is 6. The molecule has 0 amide bonds. The molecule has 1 rings (SSSR count). The van der Waals surface area contributed by atoms with Crippen LogP contribution in [0.2, 0.25) is 0 Å². The first-order valence-corrected chi connectivity index (χ1v) is 25.0. The molecule has 1 fully saturated rings. The molecule has 7 N–H and O–H groups in total. The molecule has 1 aliphatic carbocycles. The molecular weight excluding hydrogens is 843 g/mol. The number of ether oxygens (including phenoxy) is 2. The fourth-order valence-electron chi connectivity index (χ4n) is 6.43. The van der Waals surface area contributed by atoms with Crippen molar-refractivity contribution in [2.24, 2.45) is 0 Å². The maximum atomic E-state index is 12.8. The average Bonchev–Trinajstić information content (AvgIpc) is 3.28. The molecular formula is C49H81O14P. The van der Waals surface area contributed by atoms with Crippen LogP contribution in [0.3, 0.4) is 0 Å². The molecule has 0 aromatic heterocycles. The summed E-state index contributed by atoms with van der Waals surface area (Å²) in [5.41, 5.74) is 0. The summed E-state index contributed by atoms with van der Waals surface area (Å²) in [7, 11) is -5.15. The molecule has 0 heterocycles. The maximum absolute atomic E-state index is 12.8. The normalized spacial score (nSPS) is 22.8. The predicted molar refractivity (Wildman–Crippen MR) is 250 cm³/mol. The molecule has 0 bridgehead atoms. The van der Waals surface area contributed by atoms with E-state index in [9.17, 15) is 49.7 Å². The Kier molecular flexibility index (Phi) is 35.2. The monoisotopic (exact) mass is 925 g/mol. The topological polar surface area (TPSA) is 230 Å². The van der Waals surface area contributed by atoms with Crippen LogP contribution < -0.4 is 0 Å². The van der Waals surface area contributed by atoms with Gasteiger partial charge in [-0.2, -0.15) is 0 Å². The van der Waals surface area contributed by atoms with Gasteiger partial charge in [-0.25, -0.2) is 4.57 Å². The van der Waals surface area contributed by atoms with Crippen molar-refractivity contribution in [1.29, 1.82) is 0 Å². The van der Waals surface area contributed by atoms with Crippen molar-refractivity contribution in [2.75, 3.05) is 13.2 Å². The predicted octanol–water partition coefficient (Wildman–Crippen LogP) is 8.25. The molecule has 0 aromatic carbocycles. The van der Waals surface area contributed by atoms with Crippen molar-refractivity contribution >= 4 is 19.8 Å². The SMILES string of the molecule is CCCCCCCC/C=C\CCCCCCCC(=O)OCC(COP(=O)(O)OC1C(O)C(O)C(O)C(O)C1O)OC(=O)CC/C=C\C/C=C\C/C=C\C/C=C\C/C=C\C=C\C(O)CC. The number of carbonyl (C=O) groups is 2. The first-order valence-electron chi connectivity index (χ1n) is 23.5. The Morgan fingerprint density at radius 1 is 0.562 bits per heavy atom. The van der Waals surface area contributed by atoms with Gasteiger partial charge >= 0.3 is 19.8 Å². The molecule has 7 unspecified atom stereocenters. The zero-order chi connectivity index (χ0) is 47.3. The third kappa shape index (κ3) is 30.2. The van der Waals surface area contributed by atoms with Gasteiger partial charge in [0.05, 0.1) is 12.7 Å². The first-order chi connectivity index (χ1) is 30.8. The van der Waals surface area contributed by atoms with Crippen LogP contribution in [0, 0.1) is 0 Å². The van der Waals surface area contributed by atoms with Gasteiger partial charge in [0.2, 0.25) is 0 Å². The van der Waals surface area contributed by atoms with Gasteiger partial charge in [-0.1, -0.05) is 150 Å². The van der Waals surface area contributed by atoms with Gasteiger partial charge in [0.25, 0.3) is 0 Å². The van der Waals surface area contributed by atoms with Crippen LogP contribution in [-0.4, -0.2) is 110 Å². The minimum Gasteiger partial charge on any atom is -0.462 e. The second kappa shape index (κ2) is 38.1. The highest BCUT2D eigenvalue weighted by Crippen LogP contribution is 2.47. The van der Waals surface area contributed by atoms with Crippen molar-refractivity contribution in [3.63, 3.8) is 0 Å². The van der Waals surface area contributed by atoms with E-state index in [4.69, 9.17) is 18.5 Å². The van der Waals surface area contributed by atoms with Crippen molar-refractivity contribution < 1.29 is 68.2 Å². The fraction of sp³-hybridized carbons (Fsp3) is 0.673.